The molecule has 116 valence electrons. The van der Waals surface area contributed by atoms with Crippen molar-refractivity contribution >= 4 is 0 Å². The Morgan fingerprint density at radius 3 is 2.33 bits per heavy atom. The van der Waals surface area contributed by atoms with Gasteiger partial charge in [-0.2, -0.15) is 0 Å². The molecule has 1 aliphatic heterocycles. The molecule has 1 aromatic carbocycles. The highest BCUT2D eigenvalue weighted by atomic mass is 16.5. The van der Waals surface area contributed by atoms with Crippen molar-refractivity contribution < 1.29 is 9.84 Å². The summed E-state index contributed by atoms with van der Waals surface area (Å²) < 4.78 is 6.11. The molecule has 2 atom stereocenters. The Morgan fingerprint density at radius 1 is 1.00 bits per heavy atom. The highest BCUT2D eigenvalue weighted by molar-refractivity contribution is 5.18. The molecular formula is C18H27NO2. The standard InChI is InChI=1S/C18H27NO2/c20-14-17-13-19(16-11-7-2-1-3-8-12-16)18(21-17)15-9-5-4-6-10-15/h4-6,9-10,16-18,20H,1-3,7-8,11-14H2/t17-,18+/m0/s1. The van der Waals surface area contributed by atoms with E-state index in [1.807, 2.05) is 6.07 Å². The van der Waals surface area contributed by atoms with Gasteiger partial charge >= 0.3 is 0 Å². The van der Waals surface area contributed by atoms with E-state index in [-0.39, 0.29) is 18.9 Å². The van der Waals surface area contributed by atoms with Crippen LogP contribution in [0.3, 0.4) is 0 Å². The monoisotopic (exact) mass is 289 g/mol. The van der Waals surface area contributed by atoms with Gasteiger partial charge in [-0.25, -0.2) is 0 Å². The van der Waals surface area contributed by atoms with Gasteiger partial charge in [0.25, 0.3) is 0 Å². The second-order valence-electron chi connectivity index (χ2n) is 6.40. The first-order valence-corrected chi connectivity index (χ1v) is 8.45. The first kappa shape index (κ1) is 15.0. The maximum atomic E-state index is 9.50. The van der Waals surface area contributed by atoms with Crippen LogP contribution >= 0.6 is 0 Å². The van der Waals surface area contributed by atoms with Crippen molar-refractivity contribution in [1.29, 1.82) is 0 Å². The van der Waals surface area contributed by atoms with Crippen LogP contribution in [0.2, 0.25) is 0 Å². The van der Waals surface area contributed by atoms with E-state index in [1.165, 1.54) is 50.5 Å². The summed E-state index contributed by atoms with van der Waals surface area (Å²) in [4.78, 5) is 2.50. The molecule has 0 aromatic heterocycles. The molecule has 1 aliphatic carbocycles. The normalized spacial score (nSPS) is 29.2. The maximum absolute atomic E-state index is 9.50. The van der Waals surface area contributed by atoms with E-state index in [1.54, 1.807) is 0 Å². The van der Waals surface area contributed by atoms with Gasteiger partial charge < -0.3 is 9.84 Å². The van der Waals surface area contributed by atoms with Crippen LogP contribution in [0.5, 0.6) is 0 Å². The lowest BCUT2D eigenvalue weighted by Crippen LogP contribution is -2.36. The molecule has 1 heterocycles. The van der Waals surface area contributed by atoms with Crippen LogP contribution in [-0.2, 0) is 4.74 Å². The highest BCUT2D eigenvalue weighted by Gasteiger charge is 2.37. The zero-order valence-corrected chi connectivity index (χ0v) is 12.8. The van der Waals surface area contributed by atoms with Gasteiger partial charge in [-0.05, 0) is 18.4 Å². The Morgan fingerprint density at radius 2 is 1.67 bits per heavy atom. The van der Waals surface area contributed by atoms with Crippen LogP contribution in [0.1, 0.15) is 56.7 Å². The number of nitrogens with zero attached hydrogens (tertiary/aromatic N) is 1. The van der Waals surface area contributed by atoms with E-state index in [4.69, 9.17) is 4.74 Å². The van der Waals surface area contributed by atoms with Crippen LogP contribution in [0.15, 0.2) is 30.3 Å². The maximum Gasteiger partial charge on any atom is 0.137 e. The summed E-state index contributed by atoms with van der Waals surface area (Å²) in [5.41, 5.74) is 1.22. The van der Waals surface area contributed by atoms with Gasteiger partial charge in [0.05, 0.1) is 12.7 Å². The van der Waals surface area contributed by atoms with Gasteiger partial charge in [0.2, 0.25) is 0 Å². The lowest BCUT2D eigenvalue weighted by Gasteiger charge is -2.33. The lowest BCUT2D eigenvalue weighted by molar-refractivity contribution is -0.0330. The summed E-state index contributed by atoms with van der Waals surface area (Å²) in [6.45, 7) is 0.979. The Hall–Kier alpha value is -0.900. The molecule has 3 nitrogen and oxygen atoms in total. The fraction of sp³-hybridized carbons (Fsp3) is 0.667. The molecule has 0 amide bonds. The number of aliphatic hydroxyl groups is 1. The molecule has 1 saturated heterocycles. The van der Waals surface area contributed by atoms with Gasteiger partial charge in [-0.1, -0.05) is 62.4 Å². The predicted molar refractivity (Wildman–Crippen MR) is 84.0 cm³/mol. The predicted octanol–water partition coefficient (Wildman–Crippen LogP) is 3.49. The fourth-order valence-corrected chi connectivity index (χ4v) is 3.73. The van der Waals surface area contributed by atoms with Crippen molar-refractivity contribution in [3.8, 4) is 0 Å². The zero-order chi connectivity index (χ0) is 14.5. The molecule has 2 aliphatic rings. The van der Waals surface area contributed by atoms with E-state index in [9.17, 15) is 5.11 Å². The number of rotatable bonds is 3. The highest BCUT2D eigenvalue weighted by Crippen LogP contribution is 2.35. The van der Waals surface area contributed by atoms with Crippen LogP contribution in [0, 0.1) is 0 Å². The van der Waals surface area contributed by atoms with Crippen molar-refractivity contribution in [2.45, 2.75) is 63.3 Å². The molecule has 3 rings (SSSR count). The van der Waals surface area contributed by atoms with Crippen LogP contribution in [0.4, 0.5) is 0 Å². The Labute approximate surface area is 127 Å². The van der Waals surface area contributed by atoms with Crippen LogP contribution in [0.25, 0.3) is 0 Å². The van der Waals surface area contributed by atoms with Crippen molar-refractivity contribution in [1.82, 2.24) is 4.90 Å². The number of hydrogen-bond donors (Lipinski definition) is 1. The minimum absolute atomic E-state index is 0.0211. The summed E-state index contributed by atoms with van der Waals surface area (Å²) in [7, 11) is 0. The molecule has 1 N–H and O–H groups in total. The molecule has 0 radical (unpaired) electrons. The second kappa shape index (κ2) is 7.39. The number of hydrogen-bond acceptors (Lipinski definition) is 3. The Bertz CT molecular complexity index is 414. The molecule has 0 bridgehead atoms. The summed E-state index contributed by atoms with van der Waals surface area (Å²) in [6, 6.07) is 11.1. The van der Waals surface area contributed by atoms with Crippen molar-refractivity contribution in [3.05, 3.63) is 35.9 Å². The minimum atomic E-state index is -0.0411. The van der Waals surface area contributed by atoms with Crippen molar-refractivity contribution in [3.63, 3.8) is 0 Å². The first-order valence-electron chi connectivity index (χ1n) is 8.45. The van der Waals surface area contributed by atoms with Crippen LogP contribution in [-0.4, -0.2) is 35.3 Å². The average molecular weight is 289 g/mol. The van der Waals surface area contributed by atoms with Gasteiger partial charge in [-0.3, -0.25) is 4.90 Å². The zero-order valence-electron chi connectivity index (χ0n) is 12.8. The molecule has 0 unspecified atom stereocenters. The second-order valence-corrected chi connectivity index (χ2v) is 6.40. The number of benzene rings is 1. The summed E-state index contributed by atoms with van der Waals surface area (Å²) >= 11 is 0. The van der Waals surface area contributed by atoms with Crippen molar-refractivity contribution in [2.75, 3.05) is 13.2 Å². The molecule has 2 fully saturated rings. The molecule has 3 heteroatoms. The van der Waals surface area contributed by atoms with E-state index < -0.39 is 0 Å². The third-order valence-corrected chi connectivity index (χ3v) is 4.87. The fourth-order valence-electron chi connectivity index (χ4n) is 3.73. The van der Waals surface area contributed by atoms with Gasteiger partial charge in [-0.15, -0.1) is 0 Å². The molecule has 1 aromatic rings. The molecular weight excluding hydrogens is 262 g/mol. The molecule has 21 heavy (non-hydrogen) atoms. The third-order valence-electron chi connectivity index (χ3n) is 4.87. The van der Waals surface area contributed by atoms with Gasteiger partial charge in [0.15, 0.2) is 0 Å². The quantitative estimate of drug-likeness (QED) is 0.924. The van der Waals surface area contributed by atoms with Gasteiger partial charge in [0.1, 0.15) is 6.23 Å². The van der Waals surface area contributed by atoms with Crippen LogP contribution < -0.4 is 0 Å². The number of ether oxygens (including phenoxy) is 1. The lowest BCUT2D eigenvalue weighted by atomic mass is 9.95. The van der Waals surface area contributed by atoms with Crippen molar-refractivity contribution in [2.24, 2.45) is 0 Å². The summed E-state index contributed by atoms with van der Waals surface area (Å²) in [6.07, 6.45) is 9.29. The number of aliphatic hydroxyl groups excluding tert-OH is 1. The largest absolute Gasteiger partial charge is 0.394 e. The molecule has 1 saturated carbocycles. The van der Waals surface area contributed by atoms with E-state index in [2.05, 4.69) is 29.2 Å². The SMILES string of the molecule is OC[C@@H]1CN(C2CCCCCCC2)[C@@H](c2ccccc2)O1. The Kier molecular flexibility index (Phi) is 5.28. The van der Waals surface area contributed by atoms with Gasteiger partial charge in [0, 0.05) is 12.6 Å². The van der Waals surface area contributed by atoms with E-state index >= 15 is 0 Å². The third kappa shape index (κ3) is 3.65. The summed E-state index contributed by atoms with van der Waals surface area (Å²) in [5, 5.41) is 9.50. The average Bonchev–Trinajstić information content (AvgIpc) is 2.92. The molecule has 0 spiro atoms. The summed E-state index contributed by atoms with van der Waals surface area (Å²) in [5.74, 6) is 0. The van der Waals surface area contributed by atoms with E-state index in [0.29, 0.717) is 6.04 Å². The smallest absolute Gasteiger partial charge is 0.137 e. The minimum Gasteiger partial charge on any atom is -0.394 e. The van der Waals surface area contributed by atoms with E-state index in [0.717, 1.165) is 6.54 Å². The Balaban J connectivity index is 1.76. The topological polar surface area (TPSA) is 32.7 Å². The first-order chi connectivity index (χ1) is 10.4.